The number of hydrogen-bond donors (Lipinski definition) is 0. The SMILES string of the molecule is COc1ccccc1/C=C/C(=O)OCc1nc(-c2cccs2)no1. The van der Waals surface area contributed by atoms with Gasteiger partial charge in [-0.25, -0.2) is 4.79 Å². The third-order valence-electron chi connectivity index (χ3n) is 3.09. The minimum absolute atomic E-state index is 0.0759. The molecule has 1 aromatic carbocycles. The lowest BCUT2D eigenvalue weighted by Gasteiger charge is -2.03. The average Bonchev–Trinajstić information content (AvgIpc) is 3.29. The summed E-state index contributed by atoms with van der Waals surface area (Å²) in [6, 6.07) is 11.2. The highest BCUT2D eigenvalue weighted by Gasteiger charge is 2.10. The number of carbonyl (C=O) groups excluding carboxylic acids is 1. The fourth-order valence-electron chi connectivity index (χ4n) is 1.96. The van der Waals surface area contributed by atoms with Crippen LogP contribution in [-0.4, -0.2) is 23.2 Å². The van der Waals surface area contributed by atoms with Crippen LogP contribution < -0.4 is 4.74 Å². The van der Waals surface area contributed by atoms with Crippen molar-refractivity contribution in [3.8, 4) is 16.5 Å². The molecule has 0 amide bonds. The number of aromatic nitrogens is 2. The van der Waals surface area contributed by atoms with Crippen LogP contribution in [0.15, 0.2) is 52.4 Å². The Labute approximate surface area is 142 Å². The molecule has 0 saturated carbocycles. The van der Waals surface area contributed by atoms with E-state index < -0.39 is 5.97 Å². The molecule has 3 aromatic rings. The zero-order valence-corrected chi connectivity index (χ0v) is 13.7. The van der Waals surface area contributed by atoms with Gasteiger partial charge in [-0.3, -0.25) is 0 Å². The molecule has 0 unspecified atom stereocenters. The van der Waals surface area contributed by atoms with Crippen LogP contribution in [0.25, 0.3) is 16.8 Å². The van der Waals surface area contributed by atoms with Crippen LogP contribution in [0.1, 0.15) is 11.5 Å². The Bertz CT molecular complexity index is 840. The van der Waals surface area contributed by atoms with E-state index >= 15 is 0 Å². The van der Waals surface area contributed by atoms with Crippen molar-refractivity contribution in [1.82, 2.24) is 10.1 Å². The molecule has 2 heterocycles. The maximum atomic E-state index is 11.8. The van der Waals surface area contributed by atoms with Crippen molar-refractivity contribution in [2.45, 2.75) is 6.61 Å². The van der Waals surface area contributed by atoms with Crippen LogP contribution in [0.5, 0.6) is 5.75 Å². The van der Waals surface area contributed by atoms with Gasteiger partial charge >= 0.3 is 5.97 Å². The van der Waals surface area contributed by atoms with Gasteiger partial charge in [0.15, 0.2) is 6.61 Å². The molecule has 0 N–H and O–H groups in total. The summed E-state index contributed by atoms with van der Waals surface area (Å²) in [6.07, 6.45) is 2.96. The lowest BCUT2D eigenvalue weighted by atomic mass is 10.2. The molecule has 0 aliphatic heterocycles. The number of esters is 1. The van der Waals surface area contributed by atoms with Gasteiger partial charge in [-0.2, -0.15) is 4.98 Å². The van der Waals surface area contributed by atoms with Crippen LogP contribution in [0.4, 0.5) is 0 Å². The monoisotopic (exact) mass is 342 g/mol. The van der Waals surface area contributed by atoms with E-state index in [4.69, 9.17) is 14.0 Å². The fourth-order valence-corrected chi connectivity index (χ4v) is 2.61. The topological polar surface area (TPSA) is 74.5 Å². The molecule has 24 heavy (non-hydrogen) atoms. The Balaban J connectivity index is 1.57. The van der Waals surface area contributed by atoms with Gasteiger partial charge < -0.3 is 14.0 Å². The summed E-state index contributed by atoms with van der Waals surface area (Å²) in [5.41, 5.74) is 0.787. The molecule has 0 radical (unpaired) electrons. The van der Waals surface area contributed by atoms with E-state index in [9.17, 15) is 4.79 Å². The normalized spacial score (nSPS) is 10.9. The predicted octanol–water partition coefficient (Wildman–Crippen LogP) is 3.56. The Morgan fingerprint density at radius 1 is 1.29 bits per heavy atom. The summed E-state index contributed by atoms with van der Waals surface area (Å²) >= 11 is 1.51. The molecule has 0 fully saturated rings. The zero-order chi connectivity index (χ0) is 16.8. The predicted molar refractivity (Wildman–Crippen MR) is 89.4 cm³/mol. The van der Waals surface area contributed by atoms with Crippen molar-refractivity contribution < 1.29 is 18.8 Å². The first kappa shape index (κ1) is 15.9. The number of rotatable bonds is 6. The molecule has 122 valence electrons. The summed E-state index contributed by atoms with van der Waals surface area (Å²) in [5, 5.41) is 5.78. The largest absolute Gasteiger partial charge is 0.496 e. The summed E-state index contributed by atoms with van der Waals surface area (Å²) in [4.78, 5) is 16.9. The molecule has 0 saturated heterocycles. The maximum Gasteiger partial charge on any atom is 0.331 e. The molecule has 7 heteroatoms. The minimum atomic E-state index is -0.503. The Morgan fingerprint density at radius 3 is 2.96 bits per heavy atom. The third kappa shape index (κ3) is 3.88. The van der Waals surface area contributed by atoms with Gasteiger partial charge in [-0.05, 0) is 23.6 Å². The third-order valence-corrected chi connectivity index (χ3v) is 3.95. The van der Waals surface area contributed by atoms with E-state index in [0.29, 0.717) is 11.6 Å². The number of nitrogens with zero attached hydrogens (tertiary/aromatic N) is 2. The number of ether oxygens (including phenoxy) is 2. The molecule has 0 aliphatic carbocycles. The summed E-state index contributed by atoms with van der Waals surface area (Å²) in [7, 11) is 1.58. The van der Waals surface area contributed by atoms with E-state index in [0.717, 1.165) is 10.4 Å². The van der Waals surface area contributed by atoms with Crippen LogP contribution in [0.3, 0.4) is 0 Å². The lowest BCUT2D eigenvalue weighted by molar-refractivity contribution is -0.139. The maximum absolute atomic E-state index is 11.8. The Hall–Kier alpha value is -2.93. The van der Waals surface area contributed by atoms with Gasteiger partial charge in [0, 0.05) is 11.6 Å². The van der Waals surface area contributed by atoms with Gasteiger partial charge in [0.2, 0.25) is 5.82 Å². The van der Waals surface area contributed by atoms with Crippen molar-refractivity contribution in [3.63, 3.8) is 0 Å². The first-order valence-corrected chi connectivity index (χ1v) is 7.98. The minimum Gasteiger partial charge on any atom is -0.496 e. The molecule has 2 aromatic heterocycles. The summed E-state index contributed by atoms with van der Waals surface area (Å²) < 4.78 is 15.4. The van der Waals surface area contributed by atoms with Crippen LogP contribution in [0.2, 0.25) is 0 Å². The fraction of sp³-hybridized carbons (Fsp3) is 0.118. The van der Waals surface area contributed by atoms with Crippen molar-refractivity contribution in [2.75, 3.05) is 7.11 Å². The summed E-state index contributed by atoms with van der Waals surface area (Å²) in [5.74, 6) is 0.911. The number of para-hydroxylation sites is 1. The van der Waals surface area contributed by atoms with Crippen LogP contribution in [-0.2, 0) is 16.1 Å². The standard InChI is InChI=1S/C17H14N2O4S/c1-21-13-6-3-2-5-12(13)8-9-16(20)22-11-15-18-17(19-23-15)14-7-4-10-24-14/h2-10H,11H2,1H3/b9-8+. The van der Waals surface area contributed by atoms with Gasteiger partial charge in [-0.1, -0.05) is 29.4 Å². The van der Waals surface area contributed by atoms with E-state index in [2.05, 4.69) is 10.1 Å². The highest BCUT2D eigenvalue weighted by atomic mass is 32.1. The van der Waals surface area contributed by atoms with Crippen LogP contribution in [0, 0.1) is 0 Å². The number of carbonyl (C=O) groups is 1. The van der Waals surface area contributed by atoms with Crippen molar-refractivity contribution in [2.24, 2.45) is 0 Å². The Morgan fingerprint density at radius 2 is 2.17 bits per heavy atom. The smallest absolute Gasteiger partial charge is 0.331 e. The quantitative estimate of drug-likeness (QED) is 0.504. The van der Waals surface area contributed by atoms with Crippen molar-refractivity contribution in [1.29, 1.82) is 0 Å². The van der Waals surface area contributed by atoms with E-state index in [1.807, 2.05) is 41.8 Å². The number of thiophene rings is 1. The molecule has 0 spiro atoms. The molecule has 6 nitrogen and oxygen atoms in total. The first-order chi connectivity index (χ1) is 11.8. The number of methoxy groups -OCH3 is 1. The average molecular weight is 342 g/mol. The van der Waals surface area contributed by atoms with Crippen molar-refractivity contribution >= 4 is 23.4 Å². The molecule has 0 atom stereocenters. The molecule has 0 aliphatic rings. The van der Waals surface area contributed by atoms with E-state index in [-0.39, 0.29) is 12.5 Å². The number of benzene rings is 1. The Kier molecular flexibility index (Phi) is 5.02. The molecule has 3 rings (SSSR count). The second kappa shape index (κ2) is 7.56. The van der Waals surface area contributed by atoms with E-state index in [1.165, 1.54) is 17.4 Å². The lowest BCUT2D eigenvalue weighted by Crippen LogP contribution is -2.01. The first-order valence-electron chi connectivity index (χ1n) is 7.10. The highest BCUT2D eigenvalue weighted by molar-refractivity contribution is 7.13. The van der Waals surface area contributed by atoms with Gasteiger partial charge in [0.1, 0.15) is 5.75 Å². The van der Waals surface area contributed by atoms with Gasteiger partial charge in [0.25, 0.3) is 5.89 Å². The van der Waals surface area contributed by atoms with Crippen molar-refractivity contribution in [3.05, 3.63) is 59.3 Å². The summed E-state index contributed by atoms with van der Waals surface area (Å²) in [6.45, 7) is -0.0759. The van der Waals surface area contributed by atoms with E-state index in [1.54, 1.807) is 13.2 Å². The van der Waals surface area contributed by atoms with Crippen LogP contribution >= 0.6 is 11.3 Å². The second-order valence-electron chi connectivity index (χ2n) is 4.67. The molecular formula is C17H14N2O4S. The highest BCUT2D eigenvalue weighted by Crippen LogP contribution is 2.21. The van der Waals surface area contributed by atoms with Gasteiger partial charge in [0.05, 0.1) is 12.0 Å². The zero-order valence-electron chi connectivity index (χ0n) is 12.8. The molecular weight excluding hydrogens is 328 g/mol. The molecule has 0 bridgehead atoms. The number of hydrogen-bond acceptors (Lipinski definition) is 7. The second-order valence-corrected chi connectivity index (χ2v) is 5.62. The van der Waals surface area contributed by atoms with Gasteiger partial charge in [-0.15, -0.1) is 11.3 Å².